The predicted molar refractivity (Wildman–Crippen MR) is 57.3 cm³/mol. The van der Waals surface area contributed by atoms with Gasteiger partial charge in [-0.3, -0.25) is 0 Å². The van der Waals surface area contributed by atoms with Crippen molar-refractivity contribution in [3.63, 3.8) is 0 Å². The van der Waals surface area contributed by atoms with Crippen LogP contribution in [0.5, 0.6) is 5.88 Å². The molecule has 0 aliphatic heterocycles. The summed E-state index contributed by atoms with van der Waals surface area (Å²) in [6.45, 7) is 1.41. The van der Waals surface area contributed by atoms with Crippen LogP contribution in [0.15, 0.2) is 6.20 Å². The molecule has 0 N–H and O–H groups in total. The minimum Gasteiger partial charge on any atom is -0.478 e. The fourth-order valence-electron chi connectivity index (χ4n) is 1.52. The lowest BCUT2D eigenvalue weighted by molar-refractivity contribution is 0.122. The molecule has 0 amide bonds. The lowest BCUT2D eigenvalue weighted by atomic mass is 10.3. The van der Waals surface area contributed by atoms with Crippen LogP contribution < -0.4 is 4.74 Å². The molecule has 0 unspecified atom stereocenters. The number of aromatic nitrogens is 4. The maximum absolute atomic E-state index is 12.4. The summed E-state index contributed by atoms with van der Waals surface area (Å²) in [6.07, 6.45) is -0.209. The Bertz CT molecular complexity index is 526. The molecule has 0 aromatic carbocycles. The van der Waals surface area contributed by atoms with Crippen molar-refractivity contribution in [2.75, 3.05) is 7.11 Å². The molecule has 0 spiro atoms. The second-order valence-corrected chi connectivity index (χ2v) is 3.47. The van der Waals surface area contributed by atoms with Crippen LogP contribution in [-0.4, -0.2) is 33.3 Å². The molecule has 0 aliphatic carbocycles. The average Bonchev–Trinajstić information content (AvgIpc) is 2.66. The Hall–Kier alpha value is -1.79. The van der Waals surface area contributed by atoms with Crippen LogP contribution in [0.1, 0.15) is 12.6 Å². The van der Waals surface area contributed by atoms with Gasteiger partial charge in [0.25, 0.3) is 12.3 Å². The summed E-state index contributed by atoms with van der Waals surface area (Å²) >= 11 is 0. The Balaban J connectivity index is 2.57. The van der Waals surface area contributed by atoms with Crippen molar-refractivity contribution in [2.45, 2.75) is 26.3 Å². The van der Waals surface area contributed by atoms with E-state index >= 15 is 0 Å². The molecule has 2 aromatic rings. The first-order valence-electron chi connectivity index (χ1n) is 5.20. The molecule has 0 atom stereocenters. The Morgan fingerprint density at radius 2 is 2.24 bits per heavy atom. The van der Waals surface area contributed by atoms with Gasteiger partial charge in [-0.25, -0.2) is 23.4 Å². The first-order valence-corrected chi connectivity index (χ1v) is 5.20. The minimum atomic E-state index is -2.49. The number of halogens is 2. The van der Waals surface area contributed by atoms with Crippen molar-refractivity contribution in [3.8, 4) is 5.88 Å². The molecule has 2 aromatic heterocycles. The van der Waals surface area contributed by atoms with Crippen LogP contribution in [-0.2, 0) is 13.0 Å². The summed E-state index contributed by atoms with van der Waals surface area (Å²) in [5, 5.41) is 3.91. The molecule has 0 bridgehead atoms. The third-order valence-corrected chi connectivity index (χ3v) is 2.33. The number of fused-ring (bicyclic) bond motifs is 1. The monoisotopic (exact) mass is 242 g/mol. The molecule has 17 heavy (non-hydrogen) atoms. The molecule has 5 nitrogen and oxygen atoms in total. The maximum atomic E-state index is 12.4. The zero-order chi connectivity index (χ0) is 12.4. The van der Waals surface area contributed by atoms with E-state index in [0.29, 0.717) is 17.6 Å². The number of nitrogens with zero attached hydrogens (tertiary/aromatic N) is 4. The number of methoxy groups -OCH3 is 1. The first-order chi connectivity index (χ1) is 8.15. The van der Waals surface area contributed by atoms with Crippen molar-refractivity contribution < 1.29 is 13.5 Å². The van der Waals surface area contributed by atoms with Crippen molar-refractivity contribution >= 4 is 11.2 Å². The highest BCUT2D eigenvalue weighted by atomic mass is 19.3. The first kappa shape index (κ1) is 11.7. The van der Waals surface area contributed by atoms with E-state index in [0.717, 1.165) is 10.4 Å². The van der Waals surface area contributed by atoms with E-state index in [1.807, 2.05) is 6.92 Å². The molecule has 0 radical (unpaired) electrons. The van der Waals surface area contributed by atoms with Gasteiger partial charge in [-0.05, 0) is 6.42 Å². The van der Waals surface area contributed by atoms with E-state index < -0.39 is 13.0 Å². The van der Waals surface area contributed by atoms with Crippen LogP contribution in [0.2, 0.25) is 0 Å². The number of hydrogen-bond acceptors (Lipinski definition) is 4. The van der Waals surface area contributed by atoms with Gasteiger partial charge < -0.3 is 4.74 Å². The highest BCUT2D eigenvalue weighted by Gasteiger charge is 2.16. The summed E-state index contributed by atoms with van der Waals surface area (Å²) in [5.74, 6) is 0.218. The zero-order valence-electron chi connectivity index (χ0n) is 9.52. The standard InChI is InChI=1S/C10H12F2N4O/c1-3-6-4-13-8-9(14-6)16(5-7(11)12)15-10(8)17-2/h4,7H,3,5H2,1-2H3. The third-order valence-electron chi connectivity index (χ3n) is 2.33. The topological polar surface area (TPSA) is 52.8 Å². The van der Waals surface area contributed by atoms with Crippen molar-refractivity contribution in [1.82, 2.24) is 19.7 Å². The lowest BCUT2D eigenvalue weighted by Crippen LogP contribution is -2.09. The van der Waals surface area contributed by atoms with Crippen LogP contribution in [0.4, 0.5) is 8.78 Å². The summed E-state index contributed by atoms with van der Waals surface area (Å²) < 4.78 is 30.9. The molecule has 0 saturated heterocycles. The SMILES string of the molecule is CCc1cnc2c(OC)nn(CC(F)F)c2n1. The number of ether oxygens (including phenoxy) is 1. The second kappa shape index (κ2) is 4.60. The number of alkyl halides is 2. The van der Waals surface area contributed by atoms with E-state index in [9.17, 15) is 8.78 Å². The molecular formula is C10H12F2N4O. The maximum Gasteiger partial charge on any atom is 0.261 e. The molecular weight excluding hydrogens is 230 g/mol. The molecule has 0 fully saturated rings. The van der Waals surface area contributed by atoms with Gasteiger partial charge in [0.15, 0.2) is 11.2 Å². The Morgan fingerprint density at radius 3 is 2.82 bits per heavy atom. The summed E-state index contributed by atoms with van der Waals surface area (Å²) in [6, 6.07) is 0. The summed E-state index contributed by atoms with van der Waals surface area (Å²) in [4.78, 5) is 8.37. The van der Waals surface area contributed by atoms with Crippen LogP contribution in [0, 0.1) is 0 Å². The predicted octanol–water partition coefficient (Wildman–Crippen LogP) is 1.66. The fourth-order valence-corrected chi connectivity index (χ4v) is 1.52. The van der Waals surface area contributed by atoms with Gasteiger partial charge in [0.1, 0.15) is 6.54 Å². The summed E-state index contributed by atoms with van der Waals surface area (Å²) in [7, 11) is 1.42. The molecule has 2 rings (SSSR count). The van der Waals surface area contributed by atoms with E-state index in [2.05, 4.69) is 15.1 Å². The van der Waals surface area contributed by atoms with Gasteiger partial charge in [-0.1, -0.05) is 6.92 Å². The molecule has 0 saturated carbocycles. The largest absolute Gasteiger partial charge is 0.478 e. The second-order valence-electron chi connectivity index (χ2n) is 3.47. The smallest absolute Gasteiger partial charge is 0.261 e. The van der Waals surface area contributed by atoms with Gasteiger partial charge >= 0.3 is 0 Å². The summed E-state index contributed by atoms with van der Waals surface area (Å²) in [5.41, 5.74) is 1.47. The van der Waals surface area contributed by atoms with Gasteiger partial charge in [-0.2, -0.15) is 0 Å². The van der Waals surface area contributed by atoms with Gasteiger partial charge in [-0.15, -0.1) is 5.10 Å². The van der Waals surface area contributed by atoms with Crippen molar-refractivity contribution in [1.29, 1.82) is 0 Å². The van der Waals surface area contributed by atoms with E-state index in [-0.39, 0.29) is 5.88 Å². The van der Waals surface area contributed by atoms with E-state index in [1.54, 1.807) is 6.20 Å². The number of rotatable bonds is 4. The molecule has 92 valence electrons. The van der Waals surface area contributed by atoms with Gasteiger partial charge in [0.2, 0.25) is 0 Å². The highest BCUT2D eigenvalue weighted by Crippen LogP contribution is 2.21. The van der Waals surface area contributed by atoms with Gasteiger partial charge in [0, 0.05) is 6.20 Å². The third kappa shape index (κ3) is 2.17. The molecule has 0 aliphatic rings. The normalized spacial score (nSPS) is 11.4. The molecule has 2 heterocycles. The van der Waals surface area contributed by atoms with Gasteiger partial charge in [0.05, 0.1) is 12.8 Å². The van der Waals surface area contributed by atoms with E-state index in [4.69, 9.17) is 4.74 Å². The fraction of sp³-hybridized carbons (Fsp3) is 0.500. The number of aryl methyl sites for hydroxylation is 1. The van der Waals surface area contributed by atoms with Crippen LogP contribution in [0.3, 0.4) is 0 Å². The minimum absolute atomic E-state index is 0.218. The number of hydrogen-bond donors (Lipinski definition) is 0. The Kier molecular flexibility index (Phi) is 3.16. The Morgan fingerprint density at radius 1 is 1.47 bits per heavy atom. The average molecular weight is 242 g/mol. The van der Waals surface area contributed by atoms with Crippen LogP contribution >= 0.6 is 0 Å². The van der Waals surface area contributed by atoms with Crippen molar-refractivity contribution in [2.24, 2.45) is 0 Å². The quantitative estimate of drug-likeness (QED) is 0.818. The zero-order valence-corrected chi connectivity index (χ0v) is 9.52. The molecule has 7 heteroatoms. The van der Waals surface area contributed by atoms with E-state index in [1.165, 1.54) is 7.11 Å². The highest BCUT2D eigenvalue weighted by molar-refractivity contribution is 5.76. The van der Waals surface area contributed by atoms with Crippen molar-refractivity contribution in [3.05, 3.63) is 11.9 Å². The lowest BCUT2D eigenvalue weighted by Gasteiger charge is -2.01. The Labute approximate surface area is 96.4 Å². The van der Waals surface area contributed by atoms with Crippen LogP contribution in [0.25, 0.3) is 11.2 Å².